The standard InChI is InChI=1S/C12H25NOS/c1-12(7-6-10-15-12)11-13-8-4-2-3-5-9-14/h13-14H,2-11H2,1H3. The Morgan fingerprint density at radius 1 is 1.27 bits per heavy atom. The van der Waals surface area contributed by atoms with E-state index in [1.807, 2.05) is 0 Å². The molecule has 1 aliphatic rings. The first-order valence-corrected chi connectivity index (χ1v) is 7.21. The van der Waals surface area contributed by atoms with Crippen LogP contribution in [0.1, 0.15) is 45.4 Å². The van der Waals surface area contributed by atoms with Crippen LogP contribution in [-0.4, -0.2) is 35.3 Å². The fourth-order valence-electron chi connectivity index (χ4n) is 2.04. The lowest BCUT2D eigenvalue weighted by Crippen LogP contribution is -2.33. The topological polar surface area (TPSA) is 32.3 Å². The molecule has 2 N–H and O–H groups in total. The third kappa shape index (κ3) is 5.79. The molecular weight excluding hydrogens is 206 g/mol. The highest BCUT2D eigenvalue weighted by atomic mass is 32.2. The number of aliphatic hydroxyl groups excluding tert-OH is 1. The Morgan fingerprint density at radius 2 is 2.07 bits per heavy atom. The minimum Gasteiger partial charge on any atom is -0.396 e. The molecule has 1 unspecified atom stereocenters. The molecule has 2 nitrogen and oxygen atoms in total. The fourth-order valence-corrected chi connectivity index (χ4v) is 3.32. The van der Waals surface area contributed by atoms with Gasteiger partial charge in [-0.25, -0.2) is 0 Å². The van der Waals surface area contributed by atoms with Gasteiger partial charge in [0.25, 0.3) is 0 Å². The molecule has 1 saturated heterocycles. The first-order valence-electron chi connectivity index (χ1n) is 6.22. The monoisotopic (exact) mass is 231 g/mol. The molecule has 0 aromatic rings. The molecule has 1 fully saturated rings. The quantitative estimate of drug-likeness (QED) is 0.629. The molecule has 0 radical (unpaired) electrons. The SMILES string of the molecule is CC1(CNCCCCCCO)CCCS1. The summed E-state index contributed by atoms with van der Waals surface area (Å²) in [5, 5.41) is 12.2. The summed E-state index contributed by atoms with van der Waals surface area (Å²) in [5.74, 6) is 1.34. The molecule has 90 valence electrons. The lowest BCUT2D eigenvalue weighted by atomic mass is 10.1. The van der Waals surface area contributed by atoms with Gasteiger partial charge in [-0.3, -0.25) is 0 Å². The van der Waals surface area contributed by atoms with Crippen molar-refractivity contribution in [3.05, 3.63) is 0 Å². The van der Waals surface area contributed by atoms with Gasteiger partial charge >= 0.3 is 0 Å². The van der Waals surface area contributed by atoms with E-state index < -0.39 is 0 Å². The molecule has 0 spiro atoms. The molecule has 0 aliphatic carbocycles. The largest absolute Gasteiger partial charge is 0.396 e. The number of hydrogen-bond donors (Lipinski definition) is 2. The summed E-state index contributed by atoms with van der Waals surface area (Å²) in [6, 6.07) is 0. The zero-order valence-electron chi connectivity index (χ0n) is 9.93. The lowest BCUT2D eigenvalue weighted by Gasteiger charge is -2.22. The van der Waals surface area contributed by atoms with Gasteiger partial charge in [-0.05, 0) is 44.9 Å². The highest BCUT2D eigenvalue weighted by Crippen LogP contribution is 2.36. The third-order valence-electron chi connectivity index (χ3n) is 3.06. The van der Waals surface area contributed by atoms with Crippen molar-refractivity contribution in [2.45, 2.75) is 50.2 Å². The summed E-state index contributed by atoms with van der Waals surface area (Å²) in [5.41, 5.74) is 0. The molecule has 1 heterocycles. The molecule has 0 bridgehead atoms. The molecule has 15 heavy (non-hydrogen) atoms. The highest BCUT2D eigenvalue weighted by Gasteiger charge is 2.28. The Bertz CT molecular complexity index is 158. The van der Waals surface area contributed by atoms with Crippen LogP contribution in [0.3, 0.4) is 0 Å². The van der Waals surface area contributed by atoms with E-state index in [4.69, 9.17) is 5.11 Å². The number of unbranched alkanes of at least 4 members (excludes halogenated alkanes) is 3. The molecule has 0 aromatic carbocycles. The zero-order chi connectivity index (χ0) is 11.0. The summed E-state index contributed by atoms with van der Waals surface area (Å²) >= 11 is 2.12. The minimum absolute atomic E-state index is 0.349. The predicted molar refractivity (Wildman–Crippen MR) is 68.5 cm³/mol. The lowest BCUT2D eigenvalue weighted by molar-refractivity contribution is 0.282. The number of thioether (sulfide) groups is 1. The molecule has 0 saturated carbocycles. The Hall–Kier alpha value is 0.270. The fraction of sp³-hybridized carbons (Fsp3) is 1.00. The van der Waals surface area contributed by atoms with Gasteiger partial charge in [0.2, 0.25) is 0 Å². The second kappa shape index (κ2) is 7.53. The van der Waals surface area contributed by atoms with E-state index in [0.29, 0.717) is 11.4 Å². The predicted octanol–water partition coefficient (Wildman–Crippen LogP) is 2.41. The van der Waals surface area contributed by atoms with Crippen LogP contribution in [0.15, 0.2) is 0 Å². The van der Waals surface area contributed by atoms with E-state index in [9.17, 15) is 0 Å². The van der Waals surface area contributed by atoms with Gasteiger partial charge in [0, 0.05) is 17.9 Å². The summed E-state index contributed by atoms with van der Waals surface area (Å²) in [4.78, 5) is 0. The van der Waals surface area contributed by atoms with Gasteiger partial charge in [-0.2, -0.15) is 11.8 Å². The molecule has 0 amide bonds. The summed E-state index contributed by atoms with van der Waals surface area (Å²) in [7, 11) is 0. The van der Waals surface area contributed by atoms with E-state index in [1.54, 1.807) is 0 Å². The van der Waals surface area contributed by atoms with Crippen LogP contribution in [0.25, 0.3) is 0 Å². The van der Waals surface area contributed by atoms with Crippen LogP contribution in [0.2, 0.25) is 0 Å². The van der Waals surface area contributed by atoms with Crippen molar-refractivity contribution in [3.8, 4) is 0 Å². The van der Waals surface area contributed by atoms with Crippen LogP contribution in [-0.2, 0) is 0 Å². The van der Waals surface area contributed by atoms with Crippen LogP contribution >= 0.6 is 11.8 Å². The average Bonchev–Trinajstić information content (AvgIpc) is 2.64. The summed E-state index contributed by atoms with van der Waals surface area (Å²) < 4.78 is 0.505. The summed E-state index contributed by atoms with van der Waals surface area (Å²) in [6.45, 7) is 5.03. The molecule has 3 heteroatoms. The van der Waals surface area contributed by atoms with Gasteiger partial charge < -0.3 is 10.4 Å². The summed E-state index contributed by atoms with van der Waals surface area (Å²) in [6.07, 6.45) is 7.39. The van der Waals surface area contributed by atoms with E-state index in [-0.39, 0.29) is 0 Å². The Morgan fingerprint density at radius 3 is 2.73 bits per heavy atom. The number of nitrogens with one attached hydrogen (secondary N) is 1. The maximum Gasteiger partial charge on any atom is 0.0431 e. The minimum atomic E-state index is 0.349. The first kappa shape index (κ1) is 13.3. The molecule has 1 atom stereocenters. The van der Waals surface area contributed by atoms with Crippen molar-refractivity contribution >= 4 is 11.8 Å². The zero-order valence-corrected chi connectivity index (χ0v) is 10.7. The average molecular weight is 231 g/mol. The maximum absolute atomic E-state index is 8.63. The van der Waals surface area contributed by atoms with Crippen molar-refractivity contribution in [3.63, 3.8) is 0 Å². The van der Waals surface area contributed by atoms with E-state index >= 15 is 0 Å². The van der Waals surface area contributed by atoms with Crippen molar-refractivity contribution < 1.29 is 5.11 Å². The molecular formula is C12H25NOS. The van der Waals surface area contributed by atoms with Gasteiger partial charge in [0.15, 0.2) is 0 Å². The van der Waals surface area contributed by atoms with Gasteiger partial charge in [-0.1, -0.05) is 12.8 Å². The van der Waals surface area contributed by atoms with Gasteiger partial charge in [0.1, 0.15) is 0 Å². The van der Waals surface area contributed by atoms with Crippen molar-refractivity contribution in [1.29, 1.82) is 0 Å². The van der Waals surface area contributed by atoms with E-state index in [2.05, 4.69) is 24.0 Å². The van der Waals surface area contributed by atoms with Crippen LogP contribution in [0.4, 0.5) is 0 Å². The number of rotatable bonds is 8. The molecule has 0 aromatic heterocycles. The Kier molecular flexibility index (Phi) is 6.69. The Balaban J connectivity index is 1.88. The van der Waals surface area contributed by atoms with Crippen molar-refractivity contribution in [2.24, 2.45) is 0 Å². The van der Waals surface area contributed by atoms with Crippen LogP contribution in [0.5, 0.6) is 0 Å². The van der Waals surface area contributed by atoms with Crippen molar-refractivity contribution in [2.75, 3.05) is 25.4 Å². The first-order chi connectivity index (χ1) is 7.27. The number of hydrogen-bond acceptors (Lipinski definition) is 3. The van der Waals surface area contributed by atoms with Gasteiger partial charge in [-0.15, -0.1) is 0 Å². The van der Waals surface area contributed by atoms with Crippen LogP contribution < -0.4 is 5.32 Å². The van der Waals surface area contributed by atoms with Crippen molar-refractivity contribution in [1.82, 2.24) is 5.32 Å². The second-order valence-electron chi connectivity index (χ2n) is 4.72. The Labute approximate surface area is 98.2 Å². The van der Waals surface area contributed by atoms with Gasteiger partial charge in [0.05, 0.1) is 0 Å². The maximum atomic E-state index is 8.63. The third-order valence-corrected chi connectivity index (χ3v) is 4.60. The van der Waals surface area contributed by atoms with E-state index in [0.717, 1.165) is 19.5 Å². The highest BCUT2D eigenvalue weighted by molar-refractivity contribution is 8.00. The number of aliphatic hydroxyl groups is 1. The normalized spacial score (nSPS) is 26.0. The second-order valence-corrected chi connectivity index (χ2v) is 6.40. The van der Waals surface area contributed by atoms with Crippen LogP contribution in [0, 0.1) is 0 Å². The molecule has 1 rings (SSSR count). The smallest absolute Gasteiger partial charge is 0.0431 e. The molecule has 1 aliphatic heterocycles. The van der Waals surface area contributed by atoms with E-state index in [1.165, 1.54) is 37.9 Å².